The Morgan fingerprint density at radius 1 is 1.24 bits per heavy atom. The molecule has 0 unspecified atom stereocenters. The molecule has 2 rings (SSSR count). The van der Waals surface area contributed by atoms with E-state index in [1.54, 1.807) is 18.2 Å². The molecule has 0 aliphatic heterocycles. The van der Waals surface area contributed by atoms with E-state index in [4.69, 9.17) is 10.5 Å². The third kappa shape index (κ3) is 3.57. The minimum Gasteiger partial charge on any atom is -0.496 e. The Morgan fingerprint density at radius 2 is 1.95 bits per heavy atom. The number of benzene rings is 2. The molecule has 0 saturated carbocycles. The maximum Gasteiger partial charge on any atom is 0.259 e. The molecule has 0 radical (unpaired) electrons. The number of ether oxygens (including phenoxy) is 1. The molecule has 0 atom stereocenters. The van der Waals surface area contributed by atoms with E-state index in [1.807, 2.05) is 19.1 Å². The number of halogens is 2. The van der Waals surface area contributed by atoms with Crippen molar-refractivity contribution in [3.8, 4) is 5.75 Å². The average Bonchev–Trinajstić information content (AvgIpc) is 2.42. The minimum atomic E-state index is -0.273. The van der Waals surface area contributed by atoms with Gasteiger partial charge in [0, 0.05) is 8.95 Å². The Bertz CT molecular complexity index is 679. The predicted molar refractivity (Wildman–Crippen MR) is 91.9 cm³/mol. The highest BCUT2D eigenvalue weighted by molar-refractivity contribution is 9.11. The first-order valence-electron chi connectivity index (χ1n) is 6.13. The van der Waals surface area contributed by atoms with Crippen LogP contribution in [0.4, 0.5) is 11.4 Å². The van der Waals surface area contributed by atoms with Crippen LogP contribution in [0.25, 0.3) is 0 Å². The summed E-state index contributed by atoms with van der Waals surface area (Å²) in [6.45, 7) is 1.92. The first kappa shape index (κ1) is 15.9. The van der Waals surface area contributed by atoms with Gasteiger partial charge in [-0.15, -0.1) is 0 Å². The van der Waals surface area contributed by atoms with Gasteiger partial charge in [-0.3, -0.25) is 4.79 Å². The number of carbonyl (C=O) groups excluding carboxylic acids is 1. The van der Waals surface area contributed by atoms with Gasteiger partial charge in [0.05, 0.1) is 24.0 Å². The van der Waals surface area contributed by atoms with Crippen molar-refractivity contribution in [2.45, 2.75) is 6.92 Å². The quantitative estimate of drug-likeness (QED) is 0.734. The molecule has 2 aromatic carbocycles. The van der Waals surface area contributed by atoms with Gasteiger partial charge in [0.2, 0.25) is 0 Å². The summed E-state index contributed by atoms with van der Waals surface area (Å²) < 4.78 is 6.76. The summed E-state index contributed by atoms with van der Waals surface area (Å²) in [5.74, 6) is 0.246. The number of methoxy groups -OCH3 is 1. The fourth-order valence-electron chi connectivity index (χ4n) is 1.91. The maximum atomic E-state index is 12.5. The van der Waals surface area contributed by atoms with Crippen LogP contribution in [-0.4, -0.2) is 13.0 Å². The van der Waals surface area contributed by atoms with E-state index in [0.717, 1.165) is 10.0 Å². The average molecular weight is 414 g/mol. The molecule has 3 N–H and O–H groups in total. The molecule has 2 aromatic rings. The van der Waals surface area contributed by atoms with Gasteiger partial charge in [-0.1, -0.05) is 27.6 Å². The van der Waals surface area contributed by atoms with Crippen LogP contribution in [0.2, 0.25) is 0 Å². The molecule has 6 heteroatoms. The zero-order valence-corrected chi connectivity index (χ0v) is 14.7. The molecule has 4 nitrogen and oxygen atoms in total. The summed E-state index contributed by atoms with van der Waals surface area (Å²) in [6.07, 6.45) is 0. The van der Waals surface area contributed by atoms with Crippen molar-refractivity contribution in [3.05, 3.63) is 50.4 Å². The van der Waals surface area contributed by atoms with E-state index in [2.05, 4.69) is 37.2 Å². The number of anilines is 2. The second-order valence-electron chi connectivity index (χ2n) is 4.51. The fourth-order valence-corrected chi connectivity index (χ4v) is 3.26. The molecule has 0 bridgehead atoms. The summed E-state index contributed by atoms with van der Waals surface area (Å²) in [4.78, 5) is 12.5. The van der Waals surface area contributed by atoms with Crippen molar-refractivity contribution < 1.29 is 9.53 Å². The van der Waals surface area contributed by atoms with Gasteiger partial charge in [-0.2, -0.15) is 0 Å². The molecule has 0 saturated heterocycles. The standard InChI is InChI=1S/C15H14Br2N2O2/c1-8-3-4-13(21-2)10(5-8)15(20)19-14-11(17)6-9(16)7-12(14)18/h3-7H,18H2,1-2H3,(H,19,20). The molecular formula is C15H14Br2N2O2. The molecule has 0 heterocycles. The van der Waals surface area contributed by atoms with Crippen molar-refractivity contribution in [3.63, 3.8) is 0 Å². The zero-order valence-electron chi connectivity index (χ0n) is 11.5. The molecular weight excluding hydrogens is 400 g/mol. The molecule has 0 fully saturated rings. The fraction of sp³-hybridized carbons (Fsp3) is 0.133. The van der Waals surface area contributed by atoms with Gasteiger partial charge in [-0.05, 0) is 47.1 Å². The summed E-state index contributed by atoms with van der Waals surface area (Å²) in [6, 6.07) is 8.98. The number of rotatable bonds is 3. The lowest BCUT2D eigenvalue weighted by Gasteiger charge is -2.13. The number of hydrogen-bond donors (Lipinski definition) is 2. The molecule has 21 heavy (non-hydrogen) atoms. The Morgan fingerprint density at radius 3 is 2.57 bits per heavy atom. The predicted octanol–water partition coefficient (Wildman–Crippen LogP) is 4.36. The second-order valence-corrected chi connectivity index (χ2v) is 6.28. The van der Waals surface area contributed by atoms with Gasteiger partial charge in [0.25, 0.3) is 5.91 Å². The number of hydrogen-bond acceptors (Lipinski definition) is 3. The molecule has 1 amide bonds. The maximum absolute atomic E-state index is 12.5. The lowest BCUT2D eigenvalue weighted by Crippen LogP contribution is -2.15. The lowest BCUT2D eigenvalue weighted by molar-refractivity contribution is 0.102. The van der Waals surface area contributed by atoms with Crippen LogP contribution >= 0.6 is 31.9 Å². The Labute approximate surface area is 139 Å². The molecule has 0 spiro atoms. The largest absolute Gasteiger partial charge is 0.496 e. The smallest absolute Gasteiger partial charge is 0.259 e. The van der Waals surface area contributed by atoms with Gasteiger partial charge < -0.3 is 15.8 Å². The monoisotopic (exact) mass is 412 g/mol. The SMILES string of the molecule is COc1ccc(C)cc1C(=O)Nc1c(N)cc(Br)cc1Br. The van der Waals surface area contributed by atoms with Crippen molar-refractivity contribution in [2.24, 2.45) is 0 Å². The first-order valence-corrected chi connectivity index (χ1v) is 7.71. The van der Waals surface area contributed by atoms with Gasteiger partial charge in [0.1, 0.15) is 5.75 Å². The summed E-state index contributed by atoms with van der Waals surface area (Å²) >= 11 is 6.74. The van der Waals surface area contributed by atoms with Crippen LogP contribution in [0.15, 0.2) is 39.3 Å². The number of carbonyl (C=O) groups is 1. The number of nitrogen functional groups attached to an aromatic ring is 1. The number of aryl methyl sites for hydroxylation is 1. The highest BCUT2D eigenvalue weighted by Gasteiger charge is 2.15. The zero-order chi connectivity index (χ0) is 15.6. The van der Waals surface area contributed by atoms with Crippen LogP contribution in [0, 0.1) is 6.92 Å². The third-order valence-electron chi connectivity index (χ3n) is 2.92. The molecule has 0 aromatic heterocycles. The Kier molecular flexibility index (Phi) is 4.90. The van der Waals surface area contributed by atoms with Crippen molar-refractivity contribution in [1.82, 2.24) is 0 Å². The van der Waals surface area contributed by atoms with E-state index < -0.39 is 0 Å². The molecule has 110 valence electrons. The second kappa shape index (κ2) is 6.49. The molecule has 0 aliphatic carbocycles. The van der Waals surface area contributed by atoms with E-state index in [9.17, 15) is 4.79 Å². The summed E-state index contributed by atoms with van der Waals surface area (Å²) in [5, 5.41) is 2.81. The van der Waals surface area contributed by atoms with Crippen molar-refractivity contribution in [1.29, 1.82) is 0 Å². The summed E-state index contributed by atoms with van der Waals surface area (Å²) in [7, 11) is 1.53. The van der Waals surface area contributed by atoms with Gasteiger partial charge in [-0.25, -0.2) is 0 Å². The van der Waals surface area contributed by atoms with E-state index in [-0.39, 0.29) is 5.91 Å². The van der Waals surface area contributed by atoms with E-state index in [0.29, 0.717) is 27.2 Å². The topological polar surface area (TPSA) is 64.3 Å². The summed E-state index contributed by atoms with van der Waals surface area (Å²) in [5.41, 5.74) is 8.39. The van der Waals surface area contributed by atoms with Gasteiger partial charge >= 0.3 is 0 Å². The molecule has 0 aliphatic rings. The Balaban J connectivity index is 2.37. The Hall–Kier alpha value is -1.53. The van der Waals surface area contributed by atoms with Crippen LogP contribution in [0.1, 0.15) is 15.9 Å². The first-order chi connectivity index (χ1) is 9.92. The number of amides is 1. The number of nitrogens with one attached hydrogen (secondary N) is 1. The highest BCUT2D eigenvalue weighted by Crippen LogP contribution is 2.33. The highest BCUT2D eigenvalue weighted by atomic mass is 79.9. The van der Waals surface area contributed by atoms with Crippen molar-refractivity contribution in [2.75, 3.05) is 18.2 Å². The lowest BCUT2D eigenvalue weighted by atomic mass is 10.1. The van der Waals surface area contributed by atoms with Crippen LogP contribution < -0.4 is 15.8 Å². The number of nitrogens with two attached hydrogens (primary N) is 1. The van der Waals surface area contributed by atoms with Crippen molar-refractivity contribution >= 4 is 49.1 Å². The van der Waals surface area contributed by atoms with Crippen LogP contribution in [-0.2, 0) is 0 Å². The third-order valence-corrected chi connectivity index (χ3v) is 4.01. The van der Waals surface area contributed by atoms with Crippen LogP contribution in [0.3, 0.4) is 0 Å². The van der Waals surface area contributed by atoms with Gasteiger partial charge in [0.15, 0.2) is 0 Å². The van der Waals surface area contributed by atoms with Crippen LogP contribution in [0.5, 0.6) is 5.75 Å². The minimum absolute atomic E-state index is 0.273. The van der Waals surface area contributed by atoms with E-state index >= 15 is 0 Å². The van der Waals surface area contributed by atoms with E-state index in [1.165, 1.54) is 7.11 Å². The normalized spacial score (nSPS) is 10.3.